The number of hydrogen-bond acceptors (Lipinski definition) is 4. The Morgan fingerprint density at radius 1 is 1.25 bits per heavy atom. The molecule has 2 heterocycles. The first-order chi connectivity index (χ1) is 15.1. The third kappa shape index (κ3) is 5.46. The van der Waals surface area contributed by atoms with Crippen LogP contribution in [0.1, 0.15) is 16.8 Å². The first kappa shape index (κ1) is 23.7. The summed E-state index contributed by atoms with van der Waals surface area (Å²) < 4.78 is 54.3. The van der Waals surface area contributed by atoms with E-state index in [9.17, 15) is 17.6 Å². The molecular formula is C21H18BrF4N3O3. The van der Waals surface area contributed by atoms with Crippen LogP contribution in [0.5, 0.6) is 5.75 Å². The van der Waals surface area contributed by atoms with Crippen molar-refractivity contribution >= 4 is 21.9 Å². The first-order valence-corrected chi connectivity index (χ1v) is 10.1. The summed E-state index contributed by atoms with van der Waals surface area (Å²) in [6.07, 6.45) is -5.08. The van der Waals surface area contributed by atoms with Crippen LogP contribution in [0.3, 0.4) is 0 Å². The Balaban J connectivity index is 0.000000360. The lowest BCUT2D eigenvalue weighted by atomic mass is 10.1. The predicted octanol–water partition coefficient (Wildman–Crippen LogP) is 4.75. The van der Waals surface area contributed by atoms with Crippen molar-refractivity contribution in [3.05, 3.63) is 69.6 Å². The van der Waals surface area contributed by atoms with Gasteiger partial charge in [0.15, 0.2) is 0 Å². The molecule has 1 aliphatic heterocycles. The highest BCUT2D eigenvalue weighted by Crippen LogP contribution is 2.32. The number of carboxylic acid groups (broad SMARTS) is 1. The van der Waals surface area contributed by atoms with Crippen molar-refractivity contribution in [3.8, 4) is 17.0 Å². The Kier molecular flexibility index (Phi) is 7.19. The zero-order valence-corrected chi connectivity index (χ0v) is 18.3. The smallest absolute Gasteiger partial charge is 0.490 e. The highest BCUT2D eigenvalue weighted by atomic mass is 79.9. The molecule has 32 heavy (non-hydrogen) atoms. The molecule has 0 amide bonds. The van der Waals surface area contributed by atoms with Crippen molar-refractivity contribution in [3.63, 3.8) is 0 Å². The molecule has 11 heteroatoms. The third-order valence-electron chi connectivity index (χ3n) is 4.60. The summed E-state index contributed by atoms with van der Waals surface area (Å²) in [5.74, 6) is -2.21. The van der Waals surface area contributed by atoms with Crippen LogP contribution in [0.2, 0.25) is 0 Å². The number of ether oxygens (including phenoxy) is 1. The van der Waals surface area contributed by atoms with Gasteiger partial charge in [0, 0.05) is 28.7 Å². The van der Waals surface area contributed by atoms with Crippen LogP contribution in [0, 0.1) is 5.82 Å². The van der Waals surface area contributed by atoms with Crippen LogP contribution in [0.25, 0.3) is 11.3 Å². The fraction of sp³-hybridized carbons (Fsp3) is 0.238. The minimum Gasteiger partial charge on any atom is -0.497 e. The number of aromatic nitrogens is 2. The van der Waals surface area contributed by atoms with E-state index in [1.807, 2.05) is 35.0 Å². The molecule has 0 spiro atoms. The number of aliphatic carboxylic acids is 1. The van der Waals surface area contributed by atoms with Gasteiger partial charge in [-0.1, -0.05) is 28.1 Å². The minimum atomic E-state index is -5.08. The van der Waals surface area contributed by atoms with Gasteiger partial charge >= 0.3 is 12.1 Å². The highest BCUT2D eigenvalue weighted by Gasteiger charge is 2.38. The van der Waals surface area contributed by atoms with Crippen molar-refractivity contribution in [2.24, 2.45) is 0 Å². The molecule has 3 aromatic rings. The summed E-state index contributed by atoms with van der Waals surface area (Å²) in [6.45, 7) is 1.97. The number of rotatable bonds is 4. The van der Waals surface area contributed by atoms with E-state index in [1.165, 1.54) is 6.07 Å². The van der Waals surface area contributed by atoms with Gasteiger partial charge in [0.1, 0.15) is 11.6 Å². The largest absolute Gasteiger partial charge is 0.497 e. The SMILES string of the molecule is COc1cc(Br)cc(Cn2nc3c(c2-c2ccccc2F)CNC3)c1.O=C(O)C(F)(F)F. The second-order valence-corrected chi connectivity index (χ2v) is 7.73. The zero-order valence-electron chi connectivity index (χ0n) is 16.7. The van der Waals surface area contributed by atoms with E-state index >= 15 is 0 Å². The number of halogens is 5. The second-order valence-electron chi connectivity index (χ2n) is 6.82. The fourth-order valence-corrected chi connectivity index (χ4v) is 3.77. The van der Waals surface area contributed by atoms with E-state index in [1.54, 1.807) is 13.2 Å². The second kappa shape index (κ2) is 9.70. The van der Waals surface area contributed by atoms with E-state index in [0.717, 1.165) is 32.7 Å². The zero-order chi connectivity index (χ0) is 23.5. The monoisotopic (exact) mass is 515 g/mol. The summed E-state index contributed by atoms with van der Waals surface area (Å²) >= 11 is 3.51. The maximum absolute atomic E-state index is 14.4. The van der Waals surface area contributed by atoms with Crippen LogP contribution in [0.15, 0.2) is 46.9 Å². The van der Waals surface area contributed by atoms with Crippen molar-refractivity contribution in [2.75, 3.05) is 7.11 Å². The number of benzene rings is 2. The molecule has 0 radical (unpaired) electrons. The number of fused-ring (bicyclic) bond motifs is 1. The molecule has 0 fully saturated rings. The normalized spacial score (nSPS) is 12.7. The quantitative estimate of drug-likeness (QED) is 0.490. The lowest BCUT2D eigenvalue weighted by Crippen LogP contribution is -2.21. The Morgan fingerprint density at radius 2 is 1.94 bits per heavy atom. The molecule has 0 bridgehead atoms. The lowest BCUT2D eigenvalue weighted by Gasteiger charge is -2.12. The highest BCUT2D eigenvalue weighted by molar-refractivity contribution is 9.10. The molecule has 0 atom stereocenters. The number of nitrogens with zero attached hydrogens (tertiary/aromatic N) is 2. The number of carbonyl (C=O) groups is 1. The van der Waals surface area contributed by atoms with Crippen molar-refractivity contribution in [2.45, 2.75) is 25.8 Å². The fourth-order valence-electron chi connectivity index (χ4n) is 3.25. The van der Waals surface area contributed by atoms with E-state index in [2.05, 4.69) is 21.2 Å². The summed E-state index contributed by atoms with van der Waals surface area (Å²) in [5, 5.41) is 15.1. The van der Waals surface area contributed by atoms with E-state index in [-0.39, 0.29) is 5.82 Å². The van der Waals surface area contributed by atoms with Gasteiger partial charge in [-0.2, -0.15) is 18.3 Å². The maximum atomic E-state index is 14.4. The average molecular weight is 516 g/mol. The Labute approximate surface area is 188 Å². The van der Waals surface area contributed by atoms with Gasteiger partial charge in [0.25, 0.3) is 0 Å². The Hall–Kier alpha value is -2.92. The van der Waals surface area contributed by atoms with Gasteiger partial charge in [0.2, 0.25) is 0 Å². The third-order valence-corrected chi connectivity index (χ3v) is 5.06. The number of carboxylic acids is 1. The van der Waals surface area contributed by atoms with Crippen molar-refractivity contribution < 1.29 is 32.2 Å². The van der Waals surface area contributed by atoms with Gasteiger partial charge in [-0.25, -0.2) is 9.18 Å². The molecule has 0 saturated heterocycles. The molecular weight excluding hydrogens is 498 g/mol. The molecule has 6 nitrogen and oxygen atoms in total. The molecule has 1 aromatic heterocycles. The summed E-state index contributed by atoms with van der Waals surface area (Å²) in [6, 6.07) is 12.8. The molecule has 170 valence electrons. The van der Waals surface area contributed by atoms with Gasteiger partial charge in [0.05, 0.1) is 25.0 Å². The molecule has 2 aromatic carbocycles. The molecule has 0 saturated carbocycles. The first-order valence-electron chi connectivity index (χ1n) is 9.28. The van der Waals surface area contributed by atoms with Crippen LogP contribution in [0.4, 0.5) is 17.6 Å². The lowest BCUT2D eigenvalue weighted by molar-refractivity contribution is -0.192. The van der Waals surface area contributed by atoms with Crippen LogP contribution >= 0.6 is 15.9 Å². The topological polar surface area (TPSA) is 76.4 Å². The van der Waals surface area contributed by atoms with E-state index < -0.39 is 12.1 Å². The van der Waals surface area contributed by atoms with E-state index in [0.29, 0.717) is 25.2 Å². The predicted molar refractivity (Wildman–Crippen MR) is 112 cm³/mol. The van der Waals surface area contributed by atoms with Crippen molar-refractivity contribution in [1.82, 2.24) is 15.1 Å². The van der Waals surface area contributed by atoms with E-state index in [4.69, 9.17) is 19.7 Å². The molecule has 0 unspecified atom stereocenters. The number of nitrogens with one attached hydrogen (secondary N) is 1. The molecule has 0 aliphatic carbocycles. The van der Waals surface area contributed by atoms with Gasteiger partial charge < -0.3 is 15.2 Å². The van der Waals surface area contributed by atoms with Crippen molar-refractivity contribution in [1.29, 1.82) is 0 Å². The van der Waals surface area contributed by atoms with Gasteiger partial charge in [-0.05, 0) is 35.9 Å². The maximum Gasteiger partial charge on any atom is 0.490 e. The summed E-state index contributed by atoms with van der Waals surface area (Å²) in [5.41, 5.74) is 4.53. The van der Waals surface area contributed by atoms with Crippen LogP contribution in [-0.4, -0.2) is 34.1 Å². The van der Waals surface area contributed by atoms with Crippen LogP contribution in [-0.2, 0) is 24.4 Å². The molecule has 4 rings (SSSR count). The summed E-state index contributed by atoms with van der Waals surface area (Å²) in [4.78, 5) is 8.90. The molecule has 2 N–H and O–H groups in total. The number of methoxy groups -OCH3 is 1. The van der Waals surface area contributed by atoms with Crippen LogP contribution < -0.4 is 10.1 Å². The Morgan fingerprint density at radius 3 is 2.56 bits per heavy atom. The summed E-state index contributed by atoms with van der Waals surface area (Å²) in [7, 11) is 1.64. The van der Waals surface area contributed by atoms with Gasteiger partial charge in [-0.3, -0.25) is 4.68 Å². The number of alkyl halides is 3. The molecule has 1 aliphatic rings. The average Bonchev–Trinajstić information content (AvgIpc) is 3.29. The van der Waals surface area contributed by atoms with Gasteiger partial charge in [-0.15, -0.1) is 0 Å². The Bertz CT molecular complexity index is 1130. The number of hydrogen-bond donors (Lipinski definition) is 2. The minimum absolute atomic E-state index is 0.231. The standard InChI is InChI=1S/C19H17BrFN3O.C2HF3O2/c1-25-14-7-12(6-13(20)8-14)11-24-19(15-4-2-3-5-17(15)21)16-9-22-10-18(16)23-24;3-2(4,5)1(6)7/h2-8,22H,9-11H2,1H3;(H,6,7).